The summed E-state index contributed by atoms with van der Waals surface area (Å²) in [5, 5.41) is 8.71. The van der Waals surface area contributed by atoms with Gasteiger partial charge in [-0.1, -0.05) is 18.1 Å². The summed E-state index contributed by atoms with van der Waals surface area (Å²) in [6.45, 7) is 4.26. The number of thiophene rings is 1. The summed E-state index contributed by atoms with van der Waals surface area (Å²) in [5.74, 6) is -0.188. The van der Waals surface area contributed by atoms with Gasteiger partial charge in [-0.05, 0) is 24.8 Å². The molecule has 0 aliphatic carbocycles. The summed E-state index contributed by atoms with van der Waals surface area (Å²) in [7, 11) is 1.61. The van der Waals surface area contributed by atoms with Crippen molar-refractivity contribution in [3.63, 3.8) is 0 Å². The van der Waals surface area contributed by atoms with Gasteiger partial charge < -0.3 is 14.9 Å². The molecule has 0 saturated carbocycles. The zero-order valence-electron chi connectivity index (χ0n) is 11.5. The van der Waals surface area contributed by atoms with Gasteiger partial charge in [-0.3, -0.25) is 4.79 Å². The summed E-state index contributed by atoms with van der Waals surface area (Å²) in [5.41, 5.74) is 0.770. The Labute approximate surface area is 117 Å². The van der Waals surface area contributed by atoms with Crippen LogP contribution in [-0.2, 0) is 14.4 Å². The Morgan fingerprint density at radius 3 is 2.95 bits per heavy atom. The number of ether oxygens (including phenoxy) is 1. The fourth-order valence-electron chi connectivity index (χ4n) is 1.45. The first kappa shape index (κ1) is 15.7. The lowest BCUT2D eigenvalue weighted by molar-refractivity contribution is -0.126. The molecule has 1 aromatic heterocycles. The number of hydrogen-bond acceptors (Lipinski definition) is 5. The fraction of sp³-hybridized carbons (Fsp3) is 0.538. The van der Waals surface area contributed by atoms with Gasteiger partial charge in [-0.2, -0.15) is 0 Å². The van der Waals surface area contributed by atoms with Crippen LogP contribution in [-0.4, -0.2) is 38.0 Å². The van der Waals surface area contributed by atoms with Gasteiger partial charge in [0.2, 0.25) is 0 Å². The van der Waals surface area contributed by atoms with E-state index in [0.717, 1.165) is 17.0 Å². The van der Waals surface area contributed by atoms with Crippen LogP contribution >= 0.6 is 11.3 Å². The van der Waals surface area contributed by atoms with Crippen LogP contribution in [0.1, 0.15) is 25.1 Å². The van der Waals surface area contributed by atoms with E-state index in [0.29, 0.717) is 6.61 Å². The molecule has 0 saturated heterocycles. The molecule has 1 heterocycles. The maximum absolute atomic E-state index is 11.6. The fourth-order valence-corrected chi connectivity index (χ4v) is 2.12. The van der Waals surface area contributed by atoms with Gasteiger partial charge in [0.25, 0.3) is 5.91 Å². The number of amides is 1. The van der Waals surface area contributed by atoms with E-state index in [-0.39, 0.29) is 18.6 Å². The average molecular weight is 284 g/mol. The van der Waals surface area contributed by atoms with Gasteiger partial charge in [-0.25, -0.2) is 0 Å². The third-order valence-corrected chi connectivity index (χ3v) is 3.48. The van der Waals surface area contributed by atoms with E-state index >= 15 is 0 Å². The molecule has 0 aliphatic rings. The highest BCUT2D eigenvalue weighted by molar-refractivity contribution is 7.12. The molecule has 0 bridgehead atoms. The van der Waals surface area contributed by atoms with Crippen LogP contribution in [0.15, 0.2) is 22.7 Å². The molecule has 0 fully saturated rings. The second-order valence-electron chi connectivity index (χ2n) is 4.06. The van der Waals surface area contributed by atoms with Crippen LogP contribution in [0.2, 0.25) is 0 Å². The molecule has 0 aliphatic heterocycles. The highest BCUT2D eigenvalue weighted by atomic mass is 32.1. The number of nitrogens with one attached hydrogen (secondary N) is 1. The molecule has 0 spiro atoms. The number of oxime groups is 1. The summed E-state index contributed by atoms with van der Waals surface area (Å²) in [4.78, 5) is 17.7. The number of rotatable bonds is 8. The molecule has 6 heteroatoms. The average Bonchev–Trinajstić information content (AvgIpc) is 2.92. The SMILES string of the molecule is CCC(COC)NC(=O)CON=C(C)c1cccs1. The third-order valence-electron chi connectivity index (χ3n) is 2.50. The highest BCUT2D eigenvalue weighted by Gasteiger charge is 2.10. The van der Waals surface area contributed by atoms with Crippen molar-refractivity contribution in [2.45, 2.75) is 26.3 Å². The Morgan fingerprint density at radius 1 is 1.58 bits per heavy atom. The van der Waals surface area contributed by atoms with Crippen molar-refractivity contribution in [3.8, 4) is 0 Å². The number of methoxy groups -OCH3 is 1. The zero-order valence-corrected chi connectivity index (χ0v) is 12.3. The van der Waals surface area contributed by atoms with Gasteiger partial charge in [0.05, 0.1) is 23.2 Å². The van der Waals surface area contributed by atoms with Crippen LogP contribution in [0.4, 0.5) is 0 Å². The predicted molar refractivity (Wildman–Crippen MR) is 76.6 cm³/mol. The summed E-state index contributed by atoms with van der Waals surface area (Å²) in [6, 6.07) is 3.92. The second-order valence-corrected chi connectivity index (χ2v) is 5.00. The van der Waals surface area contributed by atoms with Crippen LogP contribution in [0.5, 0.6) is 0 Å². The quantitative estimate of drug-likeness (QED) is 0.587. The molecule has 5 nitrogen and oxygen atoms in total. The molecule has 1 unspecified atom stereocenters. The standard InChI is InChI=1S/C13H20N2O3S/c1-4-11(8-17-3)14-13(16)9-18-15-10(2)12-6-5-7-19-12/h5-7,11H,4,8-9H2,1-3H3,(H,14,16). The maximum Gasteiger partial charge on any atom is 0.261 e. The minimum atomic E-state index is -0.188. The van der Waals surface area contributed by atoms with Gasteiger partial charge in [0.1, 0.15) is 0 Å². The van der Waals surface area contributed by atoms with Crippen LogP contribution in [0.25, 0.3) is 0 Å². The minimum absolute atomic E-state index is 0.0171. The van der Waals surface area contributed by atoms with Crippen molar-refractivity contribution in [2.24, 2.45) is 5.16 Å². The van der Waals surface area contributed by atoms with Gasteiger partial charge >= 0.3 is 0 Å². The molecular weight excluding hydrogens is 264 g/mol. The van der Waals surface area contributed by atoms with Crippen LogP contribution < -0.4 is 5.32 Å². The van der Waals surface area contributed by atoms with E-state index in [1.54, 1.807) is 18.4 Å². The normalized spacial score (nSPS) is 13.1. The van der Waals surface area contributed by atoms with Gasteiger partial charge in [0, 0.05) is 7.11 Å². The Morgan fingerprint density at radius 2 is 2.37 bits per heavy atom. The first-order valence-electron chi connectivity index (χ1n) is 6.16. The Kier molecular flexibility index (Phi) is 7.14. The lowest BCUT2D eigenvalue weighted by Gasteiger charge is -2.15. The monoisotopic (exact) mass is 284 g/mol. The molecule has 1 amide bonds. The largest absolute Gasteiger partial charge is 0.385 e. The van der Waals surface area contributed by atoms with Gasteiger partial charge in [0.15, 0.2) is 6.61 Å². The summed E-state index contributed by atoms with van der Waals surface area (Å²) >= 11 is 1.58. The van der Waals surface area contributed by atoms with Gasteiger partial charge in [-0.15, -0.1) is 11.3 Å². The Bertz CT molecular complexity index is 404. The number of hydrogen-bond donors (Lipinski definition) is 1. The van der Waals surface area contributed by atoms with E-state index in [4.69, 9.17) is 9.57 Å². The number of carbonyl (C=O) groups excluding carboxylic acids is 1. The second kappa shape index (κ2) is 8.66. The minimum Gasteiger partial charge on any atom is -0.385 e. The predicted octanol–water partition coefficient (Wildman–Crippen LogP) is 2.03. The Hall–Kier alpha value is -1.40. The van der Waals surface area contributed by atoms with E-state index < -0.39 is 0 Å². The van der Waals surface area contributed by atoms with E-state index in [2.05, 4.69) is 10.5 Å². The number of carbonyl (C=O) groups is 1. The van der Waals surface area contributed by atoms with Crippen LogP contribution in [0.3, 0.4) is 0 Å². The van der Waals surface area contributed by atoms with E-state index in [9.17, 15) is 4.79 Å². The molecule has 1 aromatic rings. The molecular formula is C13H20N2O3S. The lowest BCUT2D eigenvalue weighted by Crippen LogP contribution is -2.39. The van der Waals surface area contributed by atoms with Crippen molar-refractivity contribution in [1.82, 2.24) is 5.32 Å². The molecule has 1 atom stereocenters. The molecule has 1 rings (SSSR count). The maximum atomic E-state index is 11.6. The Balaban J connectivity index is 2.32. The third kappa shape index (κ3) is 5.85. The molecule has 106 valence electrons. The molecule has 19 heavy (non-hydrogen) atoms. The summed E-state index contributed by atoms with van der Waals surface area (Å²) in [6.07, 6.45) is 0.817. The van der Waals surface area contributed by atoms with Crippen LogP contribution in [0, 0.1) is 0 Å². The van der Waals surface area contributed by atoms with Crippen molar-refractivity contribution in [2.75, 3.05) is 20.3 Å². The molecule has 1 N–H and O–H groups in total. The van der Waals surface area contributed by atoms with Crippen molar-refractivity contribution < 1.29 is 14.4 Å². The smallest absolute Gasteiger partial charge is 0.261 e. The molecule has 0 radical (unpaired) electrons. The number of nitrogens with zero attached hydrogens (tertiary/aromatic N) is 1. The molecule has 0 aromatic carbocycles. The van der Waals surface area contributed by atoms with E-state index in [1.807, 2.05) is 31.4 Å². The van der Waals surface area contributed by atoms with Crippen molar-refractivity contribution in [3.05, 3.63) is 22.4 Å². The highest BCUT2D eigenvalue weighted by Crippen LogP contribution is 2.09. The summed E-state index contributed by atoms with van der Waals surface area (Å²) < 4.78 is 5.01. The van der Waals surface area contributed by atoms with Crippen molar-refractivity contribution >= 4 is 23.0 Å². The van der Waals surface area contributed by atoms with E-state index in [1.165, 1.54) is 0 Å². The zero-order chi connectivity index (χ0) is 14.1. The topological polar surface area (TPSA) is 59.9 Å². The van der Waals surface area contributed by atoms with Crippen molar-refractivity contribution in [1.29, 1.82) is 0 Å². The first-order chi connectivity index (χ1) is 9.17. The first-order valence-corrected chi connectivity index (χ1v) is 7.04. The lowest BCUT2D eigenvalue weighted by atomic mass is 10.2.